The van der Waals surface area contributed by atoms with Crippen molar-refractivity contribution in [1.29, 1.82) is 0 Å². The van der Waals surface area contributed by atoms with Crippen LogP contribution in [0.1, 0.15) is 41.5 Å². The van der Waals surface area contributed by atoms with Crippen molar-refractivity contribution in [3.63, 3.8) is 0 Å². The molecule has 4 aromatic rings. The van der Waals surface area contributed by atoms with Crippen molar-refractivity contribution in [2.24, 2.45) is 0 Å². The van der Waals surface area contributed by atoms with Gasteiger partial charge in [-0.1, -0.05) is 6.07 Å². The topological polar surface area (TPSA) is 64.2 Å². The second-order valence-corrected chi connectivity index (χ2v) is 8.60. The van der Waals surface area contributed by atoms with Crippen LogP contribution in [0.4, 0.5) is 0 Å². The normalized spacial score (nSPS) is 13.5. The number of fused-ring (bicyclic) bond motifs is 3. The van der Waals surface area contributed by atoms with E-state index in [-0.39, 0.29) is 5.43 Å². The molecule has 1 aliphatic rings. The number of imidazole rings is 1. The van der Waals surface area contributed by atoms with Crippen molar-refractivity contribution in [1.82, 2.24) is 19.4 Å². The van der Waals surface area contributed by atoms with E-state index in [2.05, 4.69) is 25.5 Å². The molecule has 0 bridgehead atoms. The zero-order chi connectivity index (χ0) is 21.8. The lowest BCUT2D eigenvalue weighted by Gasteiger charge is -2.23. The molecule has 0 fully saturated rings. The van der Waals surface area contributed by atoms with Gasteiger partial charge < -0.3 is 8.98 Å². The molecule has 1 aromatic carbocycles. The molecule has 0 unspecified atom stereocenters. The molecule has 0 atom stereocenters. The van der Waals surface area contributed by atoms with E-state index in [1.54, 1.807) is 12.5 Å². The summed E-state index contributed by atoms with van der Waals surface area (Å²) in [4.78, 5) is 23.9. The van der Waals surface area contributed by atoms with E-state index >= 15 is 0 Å². The van der Waals surface area contributed by atoms with Gasteiger partial charge in [0.15, 0.2) is 5.43 Å². The summed E-state index contributed by atoms with van der Waals surface area (Å²) in [6.45, 7) is 3.07. The number of pyridine rings is 1. The molecule has 32 heavy (non-hydrogen) atoms. The lowest BCUT2D eigenvalue weighted by molar-refractivity contribution is 0.246. The second-order valence-electron chi connectivity index (χ2n) is 8.60. The number of aromatic nitrogens is 3. The van der Waals surface area contributed by atoms with E-state index in [9.17, 15) is 4.79 Å². The first-order valence-electron chi connectivity index (χ1n) is 11.4. The Morgan fingerprint density at radius 3 is 2.72 bits per heavy atom. The van der Waals surface area contributed by atoms with Crippen molar-refractivity contribution in [3.05, 3.63) is 94.1 Å². The van der Waals surface area contributed by atoms with Gasteiger partial charge in [-0.05, 0) is 67.0 Å². The molecule has 0 saturated heterocycles. The Hall–Kier alpha value is -3.25. The van der Waals surface area contributed by atoms with E-state index in [0.717, 1.165) is 50.9 Å². The van der Waals surface area contributed by atoms with Gasteiger partial charge in [0.1, 0.15) is 5.58 Å². The summed E-state index contributed by atoms with van der Waals surface area (Å²) in [6, 6.07) is 8.13. The summed E-state index contributed by atoms with van der Waals surface area (Å²) in [5, 5.41) is 0.713. The summed E-state index contributed by atoms with van der Waals surface area (Å²) < 4.78 is 8.17. The van der Waals surface area contributed by atoms with Crippen molar-refractivity contribution >= 4 is 11.0 Å². The third kappa shape index (κ3) is 4.50. The quantitative estimate of drug-likeness (QED) is 0.417. The van der Waals surface area contributed by atoms with E-state index in [4.69, 9.17) is 4.42 Å². The Morgan fingerprint density at radius 1 is 1.00 bits per heavy atom. The third-order valence-electron chi connectivity index (χ3n) is 6.34. The SMILES string of the molecule is O=c1c(CN(CCCn2ccnc2)Cc2ccncc2)coc2c3c(ccc12)CCCC3. The van der Waals surface area contributed by atoms with Crippen LogP contribution in [-0.2, 0) is 32.5 Å². The summed E-state index contributed by atoms with van der Waals surface area (Å²) in [6.07, 6.45) is 16.3. The predicted octanol–water partition coefficient (Wildman–Crippen LogP) is 4.36. The first-order valence-corrected chi connectivity index (χ1v) is 11.4. The van der Waals surface area contributed by atoms with Crippen LogP contribution < -0.4 is 5.43 Å². The number of nitrogens with zero attached hydrogens (tertiary/aromatic N) is 4. The van der Waals surface area contributed by atoms with Crippen LogP contribution >= 0.6 is 0 Å². The first-order chi connectivity index (χ1) is 15.8. The number of aryl methyl sites for hydroxylation is 3. The summed E-state index contributed by atoms with van der Waals surface area (Å²) in [5.41, 5.74) is 5.34. The standard InChI is InChI=1S/C26H28N4O2/c31-25-22(18-32-26-23-5-2-1-4-21(23)6-7-24(25)26)17-30(16-20-8-10-27-11-9-20)14-3-13-29-15-12-28-19-29/h6-12,15,18-19H,1-5,13-14,16-17H2. The average Bonchev–Trinajstić information content (AvgIpc) is 3.35. The highest BCUT2D eigenvalue weighted by atomic mass is 16.3. The molecule has 5 rings (SSSR count). The first kappa shape index (κ1) is 20.6. The predicted molar refractivity (Wildman–Crippen MR) is 124 cm³/mol. The maximum absolute atomic E-state index is 13.4. The molecular weight excluding hydrogens is 400 g/mol. The lowest BCUT2D eigenvalue weighted by atomic mass is 9.90. The van der Waals surface area contributed by atoms with Gasteiger partial charge in [0.2, 0.25) is 0 Å². The van der Waals surface area contributed by atoms with Crippen LogP contribution in [0.3, 0.4) is 0 Å². The molecule has 164 valence electrons. The van der Waals surface area contributed by atoms with Crippen LogP contribution in [0, 0.1) is 0 Å². The van der Waals surface area contributed by atoms with Gasteiger partial charge in [0.05, 0.1) is 18.0 Å². The number of rotatable bonds is 8. The molecule has 1 aliphatic carbocycles. The molecule has 0 N–H and O–H groups in total. The van der Waals surface area contributed by atoms with Crippen molar-refractivity contribution in [2.75, 3.05) is 6.54 Å². The summed E-state index contributed by atoms with van der Waals surface area (Å²) in [5.74, 6) is 0. The molecule has 0 aliphatic heterocycles. The molecule has 3 heterocycles. The second kappa shape index (κ2) is 9.49. The van der Waals surface area contributed by atoms with E-state index in [0.29, 0.717) is 17.5 Å². The van der Waals surface area contributed by atoms with Crippen LogP contribution in [0.2, 0.25) is 0 Å². The highest BCUT2D eigenvalue weighted by molar-refractivity contribution is 5.81. The fourth-order valence-electron chi connectivity index (χ4n) is 4.67. The van der Waals surface area contributed by atoms with Gasteiger partial charge in [-0.25, -0.2) is 4.98 Å². The van der Waals surface area contributed by atoms with Crippen molar-refractivity contribution < 1.29 is 4.42 Å². The monoisotopic (exact) mass is 428 g/mol. The third-order valence-corrected chi connectivity index (χ3v) is 6.34. The van der Waals surface area contributed by atoms with Crippen LogP contribution in [0.15, 0.2) is 70.9 Å². The van der Waals surface area contributed by atoms with E-state index < -0.39 is 0 Å². The minimum Gasteiger partial charge on any atom is -0.463 e. The van der Waals surface area contributed by atoms with Crippen LogP contribution in [0.25, 0.3) is 11.0 Å². The highest BCUT2D eigenvalue weighted by Gasteiger charge is 2.18. The lowest BCUT2D eigenvalue weighted by Crippen LogP contribution is -2.27. The Bertz CT molecular complexity index is 1230. The van der Waals surface area contributed by atoms with E-state index in [1.807, 2.05) is 43.1 Å². The number of benzene rings is 1. The molecule has 0 spiro atoms. The fourth-order valence-corrected chi connectivity index (χ4v) is 4.67. The molecule has 0 amide bonds. The summed E-state index contributed by atoms with van der Waals surface area (Å²) >= 11 is 0. The Labute approximate surface area is 187 Å². The van der Waals surface area contributed by atoms with Gasteiger partial charge >= 0.3 is 0 Å². The van der Waals surface area contributed by atoms with Crippen molar-refractivity contribution in [2.45, 2.75) is 51.7 Å². The highest BCUT2D eigenvalue weighted by Crippen LogP contribution is 2.28. The van der Waals surface area contributed by atoms with Gasteiger partial charge in [0, 0.05) is 56.5 Å². The molecule has 3 aromatic heterocycles. The van der Waals surface area contributed by atoms with Crippen molar-refractivity contribution in [3.8, 4) is 0 Å². The Balaban J connectivity index is 1.38. The van der Waals surface area contributed by atoms with Crippen LogP contribution in [-0.4, -0.2) is 26.0 Å². The zero-order valence-electron chi connectivity index (χ0n) is 18.2. The number of hydrogen-bond donors (Lipinski definition) is 0. The van der Waals surface area contributed by atoms with Crippen LogP contribution in [0.5, 0.6) is 0 Å². The maximum atomic E-state index is 13.4. The zero-order valence-corrected chi connectivity index (χ0v) is 18.2. The Morgan fingerprint density at radius 2 is 1.88 bits per heavy atom. The largest absolute Gasteiger partial charge is 0.463 e. The van der Waals surface area contributed by atoms with Gasteiger partial charge in [-0.15, -0.1) is 0 Å². The van der Waals surface area contributed by atoms with Gasteiger partial charge in [0.25, 0.3) is 0 Å². The molecule has 0 radical (unpaired) electrons. The Kier molecular flexibility index (Phi) is 6.12. The minimum absolute atomic E-state index is 0.0916. The molecule has 6 nitrogen and oxygen atoms in total. The minimum atomic E-state index is 0.0916. The van der Waals surface area contributed by atoms with Gasteiger partial charge in [-0.3, -0.25) is 14.7 Å². The van der Waals surface area contributed by atoms with Gasteiger partial charge in [-0.2, -0.15) is 0 Å². The molecular formula is C26H28N4O2. The summed E-state index contributed by atoms with van der Waals surface area (Å²) in [7, 11) is 0. The maximum Gasteiger partial charge on any atom is 0.197 e. The smallest absolute Gasteiger partial charge is 0.197 e. The average molecular weight is 429 g/mol. The fraction of sp³-hybridized carbons (Fsp3) is 0.346. The number of hydrogen-bond acceptors (Lipinski definition) is 5. The van der Waals surface area contributed by atoms with E-state index in [1.165, 1.54) is 23.1 Å². The molecule has 0 saturated carbocycles. The molecule has 6 heteroatoms.